The number of nitrogens with one attached hydrogen (secondary N) is 1. The molecule has 3 heterocycles. The predicted molar refractivity (Wildman–Crippen MR) is 74.8 cm³/mol. The average Bonchev–Trinajstić information content (AvgIpc) is 2.97. The van der Waals surface area contributed by atoms with E-state index in [1.54, 1.807) is 0 Å². The lowest BCUT2D eigenvalue weighted by molar-refractivity contribution is 0.190. The second-order valence-corrected chi connectivity index (χ2v) is 4.86. The molecule has 0 aromatic carbocycles. The Labute approximate surface area is 123 Å². The maximum absolute atomic E-state index is 5.36. The van der Waals surface area contributed by atoms with Crippen molar-refractivity contribution in [2.24, 2.45) is 0 Å². The molecule has 0 aliphatic carbocycles. The molecule has 0 bridgehead atoms. The maximum Gasteiger partial charge on any atom is 0.263 e. The summed E-state index contributed by atoms with van der Waals surface area (Å²) in [6.07, 6.45) is 0. The molecule has 1 unspecified atom stereocenters. The number of likely N-dealkylation sites (N-methyl/N-ethyl adjacent to an activating group) is 1. The summed E-state index contributed by atoms with van der Waals surface area (Å²) in [5.41, 5.74) is 1.56. The van der Waals surface area contributed by atoms with E-state index in [0.717, 1.165) is 30.9 Å². The molecule has 8 heteroatoms. The summed E-state index contributed by atoms with van der Waals surface area (Å²) < 4.78 is 10.5. The van der Waals surface area contributed by atoms with Crippen LogP contribution >= 0.6 is 12.4 Å². The Morgan fingerprint density at radius 2 is 2.05 bits per heavy atom. The van der Waals surface area contributed by atoms with Gasteiger partial charge in [-0.25, -0.2) is 0 Å². The summed E-state index contributed by atoms with van der Waals surface area (Å²) in [5, 5.41) is 11.3. The summed E-state index contributed by atoms with van der Waals surface area (Å²) in [6.45, 7) is 6.50. The smallest absolute Gasteiger partial charge is 0.263 e. The van der Waals surface area contributed by atoms with E-state index in [0.29, 0.717) is 17.5 Å². The Balaban J connectivity index is 0.00000147. The number of piperazine rings is 1. The highest BCUT2D eigenvalue weighted by atomic mass is 35.5. The van der Waals surface area contributed by atoms with Crippen molar-refractivity contribution in [3.8, 4) is 11.5 Å². The van der Waals surface area contributed by atoms with Crippen LogP contribution in [-0.2, 0) is 0 Å². The average molecular weight is 300 g/mol. The number of nitrogens with zero attached hydrogens (tertiary/aromatic N) is 4. The van der Waals surface area contributed by atoms with Crippen LogP contribution in [0.2, 0.25) is 0 Å². The van der Waals surface area contributed by atoms with E-state index in [2.05, 4.69) is 32.6 Å². The van der Waals surface area contributed by atoms with Crippen LogP contribution in [0.4, 0.5) is 0 Å². The maximum atomic E-state index is 5.36. The number of rotatable bonds is 2. The summed E-state index contributed by atoms with van der Waals surface area (Å²) in [5.74, 6) is 1.87. The van der Waals surface area contributed by atoms with Crippen molar-refractivity contribution in [1.82, 2.24) is 25.5 Å². The van der Waals surface area contributed by atoms with E-state index in [4.69, 9.17) is 9.05 Å². The second-order valence-electron chi connectivity index (χ2n) is 4.86. The lowest BCUT2D eigenvalue weighted by Gasteiger charge is -2.30. The number of hydrogen-bond donors (Lipinski definition) is 1. The SMILES string of the molecule is Cc1noc(C)c1-c1nc(C2CNCCN2C)no1.Cl. The van der Waals surface area contributed by atoms with Gasteiger partial charge in [-0.05, 0) is 20.9 Å². The van der Waals surface area contributed by atoms with Gasteiger partial charge >= 0.3 is 0 Å². The molecule has 1 atom stereocenters. The Morgan fingerprint density at radius 1 is 1.25 bits per heavy atom. The Bertz CT molecular complexity index is 563. The quantitative estimate of drug-likeness (QED) is 0.896. The van der Waals surface area contributed by atoms with Gasteiger partial charge in [0, 0.05) is 19.6 Å². The molecule has 0 radical (unpaired) electrons. The molecule has 0 spiro atoms. The van der Waals surface area contributed by atoms with E-state index in [9.17, 15) is 0 Å². The van der Waals surface area contributed by atoms with Gasteiger partial charge in [0.2, 0.25) is 0 Å². The molecule has 1 aliphatic rings. The van der Waals surface area contributed by atoms with Crippen LogP contribution in [0.5, 0.6) is 0 Å². The molecule has 1 aliphatic heterocycles. The molecule has 1 N–H and O–H groups in total. The van der Waals surface area contributed by atoms with Crippen LogP contribution in [0.25, 0.3) is 11.5 Å². The van der Waals surface area contributed by atoms with Crippen LogP contribution in [0, 0.1) is 13.8 Å². The minimum atomic E-state index is 0. The van der Waals surface area contributed by atoms with Crippen molar-refractivity contribution in [2.75, 3.05) is 26.7 Å². The fraction of sp³-hybridized carbons (Fsp3) is 0.583. The second kappa shape index (κ2) is 5.90. The molecular formula is C12H18ClN5O2. The normalized spacial score (nSPS) is 19.9. The molecule has 2 aromatic heterocycles. The van der Waals surface area contributed by atoms with Gasteiger partial charge in [-0.1, -0.05) is 10.3 Å². The van der Waals surface area contributed by atoms with Gasteiger partial charge in [-0.15, -0.1) is 12.4 Å². The van der Waals surface area contributed by atoms with Crippen LogP contribution in [0.1, 0.15) is 23.3 Å². The van der Waals surface area contributed by atoms with Crippen molar-refractivity contribution >= 4 is 12.4 Å². The van der Waals surface area contributed by atoms with Crippen molar-refractivity contribution < 1.29 is 9.05 Å². The van der Waals surface area contributed by atoms with Gasteiger partial charge < -0.3 is 14.4 Å². The first kappa shape index (κ1) is 15.0. The first-order valence-corrected chi connectivity index (χ1v) is 6.34. The molecule has 110 valence electrons. The van der Waals surface area contributed by atoms with E-state index < -0.39 is 0 Å². The standard InChI is InChI=1S/C12H17N5O2.ClH/c1-7-10(8(2)18-15-7)12-14-11(16-19-12)9-6-13-4-5-17(9)3;/h9,13H,4-6H2,1-3H3;1H. The van der Waals surface area contributed by atoms with Crippen LogP contribution in [-0.4, -0.2) is 46.9 Å². The molecule has 7 nitrogen and oxygen atoms in total. The van der Waals surface area contributed by atoms with Crippen LogP contribution in [0.3, 0.4) is 0 Å². The van der Waals surface area contributed by atoms with Crippen molar-refractivity contribution in [3.05, 3.63) is 17.3 Å². The third-order valence-electron chi connectivity index (χ3n) is 3.50. The Morgan fingerprint density at radius 3 is 2.70 bits per heavy atom. The van der Waals surface area contributed by atoms with E-state index >= 15 is 0 Å². The van der Waals surface area contributed by atoms with Gasteiger partial charge in [0.15, 0.2) is 5.82 Å². The summed E-state index contributed by atoms with van der Waals surface area (Å²) in [6, 6.07) is 0.145. The first-order valence-electron chi connectivity index (χ1n) is 6.34. The monoisotopic (exact) mass is 299 g/mol. The number of aromatic nitrogens is 3. The minimum absolute atomic E-state index is 0. The molecule has 1 fully saturated rings. The highest BCUT2D eigenvalue weighted by Crippen LogP contribution is 2.27. The van der Waals surface area contributed by atoms with Crippen molar-refractivity contribution in [2.45, 2.75) is 19.9 Å². The third kappa shape index (κ3) is 2.56. The van der Waals surface area contributed by atoms with Crippen molar-refractivity contribution in [1.29, 1.82) is 0 Å². The lowest BCUT2D eigenvalue weighted by atomic mass is 10.2. The zero-order valence-corrected chi connectivity index (χ0v) is 12.5. The molecule has 2 aromatic rings. The predicted octanol–water partition coefficient (Wildman–Crippen LogP) is 1.34. The lowest BCUT2D eigenvalue weighted by Crippen LogP contribution is -2.44. The van der Waals surface area contributed by atoms with Gasteiger partial charge in [-0.3, -0.25) is 4.90 Å². The largest absolute Gasteiger partial charge is 0.361 e. The summed E-state index contributed by atoms with van der Waals surface area (Å²) in [4.78, 5) is 6.71. The van der Waals surface area contributed by atoms with Crippen LogP contribution in [0.15, 0.2) is 9.05 Å². The van der Waals surface area contributed by atoms with Gasteiger partial charge in [0.25, 0.3) is 5.89 Å². The highest BCUT2D eigenvalue weighted by molar-refractivity contribution is 5.85. The molecule has 0 saturated carbocycles. The zero-order chi connectivity index (χ0) is 13.4. The molecule has 1 saturated heterocycles. The van der Waals surface area contributed by atoms with E-state index in [1.807, 2.05) is 13.8 Å². The molecule has 20 heavy (non-hydrogen) atoms. The summed E-state index contributed by atoms with van der Waals surface area (Å²) >= 11 is 0. The summed E-state index contributed by atoms with van der Waals surface area (Å²) in [7, 11) is 2.07. The van der Waals surface area contributed by atoms with E-state index in [-0.39, 0.29) is 18.4 Å². The Kier molecular flexibility index (Phi) is 4.42. The fourth-order valence-corrected chi connectivity index (χ4v) is 2.35. The van der Waals surface area contributed by atoms with Gasteiger partial charge in [-0.2, -0.15) is 4.98 Å². The topological polar surface area (TPSA) is 80.2 Å². The third-order valence-corrected chi connectivity index (χ3v) is 3.50. The number of hydrogen-bond acceptors (Lipinski definition) is 7. The first-order chi connectivity index (χ1) is 9.16. The highest BCUT2D eigenvalue weighted by Gasteiger charge is 2.27. The van der Waals surface area contributed by atoms with E-state index in [1.165, 1.54) is 0 Å². The van der Waals surface area contributed by atoms with Crippen molar-refractivity contribution in [3.63, 3.8) is 0 Å². The molecular weight excluding hydrogens is 282 g/mol. The molecule has 0 amide bonds. The van der Waals surface area contributed by atoms with Gasteiger partial charge in [0.1, 0.15) is 11.3 Å². The fourth-order valence-electron chi connectivity index (χ4n) is 2.35. The zero-order valence-electron chi connectivity index (χ0n) is 11.7. The number of aryl methyl sites for hydroxylation is 2. The minimum Gasteiger partial charge on any atom is -0.361 e. The molecule has 3 rings (SSSR count). The number of halogens is 1. The van der Waals surface area contributed by atoms with Crippen LogP contribution < -0.4 is 5.32 Å². The van der Waals surface area contributed by atoms with Gasteiger partial charge in [0.05, 0.1) is 11.7 Å². The Hall–Kier alpha value is -1.44.